The lowest BCUT2D eigenvalue weighted by Gasteiger charge is -2.17. The minimum Gasteiger partial charge on any atom is -0.481 e. The fourth-order valence-electron chi connectivity index (χ4n) is 5.69. The number of aromatic nitrogens is 1. The second kappa shape index (κ2) is 9.84. The third kappa shape index (κ3) is 4.76. The molecule has 6 heteroatoms. The largest absolute Gasteiger partial charge is 0.481 e. The molecule has 3 aromatic carbocycles. The number of carbonyl (C=O) groups is 2. The van der Waals surface area contributed by atoms with Gasteiger partial charge in [-0.3, -0.25) is 9.59 Å². The summed E-state index contributed by atoms with van der Waals surface area (Å²) in [6.45, 7) is 2.64. The summed E-state index contributed by atoms with van der Waals surface area (Å²) in [6.07, 6.45) is 3.05. The summed E-state index contributed by atoms with van der Waals surface area (Å²) in [4.78, 5) is 26.6. The molecule has 2 aliphatic carbocycles. The molecule has 2 aliphatic rings. The van der Waals surface area contributed by atoms with Gasteiger partial charge in [-0.2, -0.15) is 0 Å². The summed E-state index contributed by atoms with van der Waals surface area (Å²) in [7, 11) is 1.89. The lowest BCUT2D eigenvalue weighted by molar-refractivity contribution is -0.140. The number of hydrogen-bond donors (Lipinski definition) is 1. The molecule has 1 aromatic heterocycles. The smallest absolute Gasteiger partial charge is 0.314 e. The number of amides is 1. The molecular weight excluding hydrogens is 488 g/mol. The second-order valence-corrected chi connectivity index (χ2v) is 11.0. The highest BCUT2D eigenvalue weighted by atomic mass is 16.5. The Bertz CT molecular complexity index is 1500. The average Bonchev–Trinajstić information content (AvgIpc) is 3.89. The zero-order valence-corrected chi connectivity index (χ0v) is 22.3. The van der Waals surface area contributed by atoms with E-state index in [9.17, 15) is 14.7 Å². The van der Waals surface area contributed by atoms with Crippen molar-refractivity contribution >= 4 is 11.9 Å². The quantitative estimate of drug-likeness (QED) is 0.283. The van der Waals surface area contributed by atoms with Crippen LogP contribution in [-0.2, 0) is 21.4 Å². The van der Waals surface area contributed by atoms with Crippen LogP contribution in [-0.4, -0.2) is 40.6 Å². The SMILES string of the molecule is Cc1noc(-c2ccc(-c3ccc(C4(C(=O)O)CC4)cc3)cc2)c1[C@@H]1CC1C(=O)N(C)CCc1ccccc1. The van der Waals surface area contributed by atoms with Gasteiger partial charge in [0, 0.05) is 36.6 Å². The number of rotatable bonds is 9. The van der Waals surface area contributed by atoms with Gasteiger partial charge >= 0.3 is 5.97 Å². The van der Waals surface area contributed by atoms with Gasteiger partial charge in [-0.05, 0) is 54.9 Å². The maximum Gasteiger partial charge on any atom is 0.314 e. The van der Waals surface area contributed by atoms with Crippen LogP contribution in [0.1, 0.15) is 47.6 Å². The predicted octanol–water partition coefficient (Wildman–Crippen LogP) is 6.24. The van der Waals surface area contributed by atoms with E-state index in [0.29, 0.717) is 19.4 Å². The van der Waals surface area contributed by atoms with Crippen molar-refractivity contribution in [2.75, 3.05) is 13.6 Å². The number of hydrogen-bond acceptors (Lipinski definition) is 4. The Kier molecular flexibility index (Phi) is 6.34. The number of carboxylic acids is 1. The maximum atomic E-state index is 13.2. The maximum absolute atomic E-state index is 13.2. The van der Waals surface area contributed by atoms with Crippen molar-refractivity contribution in [1.82, 2.24) is 10.1 Å². The number of benzene rings is 3. The van der Waals surface area contributed by atoms with Crippen molar-refractivity contribution in [2.45, 2.75) is 43.9 Å². The van der Waals surface area contributed by atoms with Gasteiger partial charge in [0.2, 0.25) is 5.91 Å². The van der Waals surface area contributed by atoms with Gasteiger partial charge in [-0.25, -0.2) is 0 Å². The fourth-order valence-corrected chi connectivity index (χ4v) is 5.69. The zero-order chi connectivity index (χ0) is 27.1. The first kappa shape index (κ1) is 25.1. The summed E-state index contributed by atoms with van der Waals surface area (Å²) < 4.78 is 5.77. The molecule has 4 aromatic rings. The highest BCUT2D eigenvalue weighted by Crippen LogP contribution is 2.52. The third-order valence-electron chi connectivity index (χ3n) is 8.42. The minimum atomic E-state index is -0.740. The summed E-state index contributed by atoms with van der Waals surface area (Å²) in [5.74, 6) is 0.252. The number of carbonyl (C=O) groups excluding carboxylic acids is 1. The summed E-state index contributed by atoms with van der Waals surface area (Å²) >= 11 is 0. The summed E-state index contributed by atoms with van der Waals surface area (Å²) in [5, 5.41) is 13.8. The Balaban J connectivity index is 1.14. The van der Waals surface area contributed by atoms with Crippen LogP contribution in [0.15, 0.2) is 83.4 Å². The molecule has 1 N–H and O–H groups in total. The lowest BCUT2D eigenvalue weighted by Crippen LogP contribution is -2.30. The van der Waals surface area contributed by atoms with Gasteiger partial charge in [0.05, 0.1) is 11.1 Å². The molecule has 0 aliphatic heterocycles. The average molecular weight is 521 g/mol. The molecule has 0 saturated heterocycles. The highest BCUT2D eigenvalue weighted by molar-refractivity contribution is 5.85. The van der Waals surface area contributed by atoms with Crippen LogP contribution in [0.5, 0.6) is 0 Å². The Labute approximate surface area is 228 Å². The van der Waals surface area contributed by atoms with Crippen LogP contribution in [0.2, 0.25) is 0 Å². The standard InChI is InChI=1S/C33H32N2O4/c1-21-29(27-20-28(27)31(36)35(2)19-16-22-6-4-3-5-7-22)30(39-34-21)25-10-8-23(9-11-25)24-12-14-26(15-13-24)33(17-18-33)32(37)38/h3-15,27-28H,16-20H2,1-2H3,(H,37,38)/t27-,28?/m1/s1. The fraction of sp³-hybridized carbons (Fsp3) is 0.303. The highest BCUT2D eigenvalue weighted by Gasteiger charge is 2.51. The van der Waals surface area contributed by atoms with Crippen molar-refractivity contribution in [1.29, 1.82) is 0 Å². The van der Waals surface area contributed by atoms with Gasteiger partial charge in [0.1, 0.15) is 0 Å². The molecule has 1 heterocycles. The number of carboxylic acid groups (broad SMARTS) is 1. The van der Waals surface area contributed by atoms with Crippen molar-refractivity contribution < 1.29 is 19.2 Å². The van der Waals surface area contributed by atoms with Crippen LogP contribution in [0.25, 0.3) is 22.5 Å². The van der Waals surface area contributed by atoms with Crippen molar-refractivity contribution in [3.63, 3.8) is 0 Å². The van der Waals surface area contributed by atoms with Gasteiger partial charge in [-0.1, -0.05) is 84.0 Å². The Morgan fingerprint density at radius 3 is 2.18 bits per heavy atom. The lowest BCUT2D eigenvalue weighted by atomic mass is 9.93. The van der Waals surface area contributed by atoms with Crippen LogP contribution < -0.4 is 0 Å². The van der Waals surface area contributed by atoms with E-state index >= 15 is 0 Å². The minimum absolute atomic E-state index is 0.0408. The first-order valence-electron chi connectivity index (χ1n) is 13.6. The van der Waals surface area contributed by atoms with Crippen LogP contribution in [0, 0.1) is 12.8 Å². The Hall–Kier alpha value is -4.19. The molecule has 2 atom stereocenters. The van der Waals surface area contributed by atoms with E-state index < -0.39 is 11.4 Å². The molecule has 39 heavy (non-hydrogen) atoms. The van der Waals surface area contributed by atoms with Crippen LogP contribution >= 0.6 is 0 Å². The predicted molar refractivity (Wildman–Crippen MR) is 149 cm³/mol. The zero-order valence-electron chi connectivity index (χ0n) is 22.3. The molecule has 6 nitrogen and oxygen atoms in total. The number of likely N-dealkylation sites (N-methyl/N-ethyl adjacent to an activating group) is 1. The van der Waals surface area contributed by atoms with Gasteiger partial charge in [0.15, 0.2) is 5.76 Å². The van der Waals surface area contributed by atoms with E-state index in [0.717, 1.165) is 52.1 Å². The monoisotopic (exact) mass is 520 g/mol. The molecule has 1 amide bonds. The number of nitrogens with zero attached hydrogens (tertiary/aromatic N) is 2. The Morgan fingerprint density at radius 1 is 0.949 bits per heavy atom. The molecule has 0 bridgehead atoms. The van der Waals surface area contributed by atoms with E-state index in [-0.39, 0.29) is 17.7 Å². The second-order valence-electron chi connectivity index (χ2n) is 11.0. The topological polar surface area (TPSA) is 83.6 Å². The van der Waals surface area contributed by atoms with E-state index in [2.05, 4.69) is 17.3 Å². The molecule has 0 radical (unpaired) electrons. The van der Waals surface area contributed by atoms with E-state index in [1.54, 1.807) is 0 Å². The van der Waals surface area contributed by atoms with Crippen molar-refractivity contribution in [3.05, 3.63) is 101 Å². The molecule has 2 fully saturated rings. The van der Waals surface area contributed by atoms with E-state index in [1.807, 2.05) is 85.6 Å². The van der Waals surface area contributed by atoms with Crippen molar-refractivity contribution in [3.8, 4) is 22.5 Å². The van der Waals surface area contributed by atoms with E-state index in [4.69, 9.17) is 4.52 Å². The van der Waals surface area contributed by atoms with Gasteiger partial charge in [-0.15, -0.1) is 0 Å². The van der Waals surface area contributed by atoms with Crippen LogP contribution in [0.3, 0.4) is 0 Å². The van der Waals surface area contributed by atoms with Gasteiger partial charge < -0.3 is 14.5 Å². The Morgan fingerprint density at radius 2 is 1.56 bits per heavy atom. The van der Waals surface area contributed by atoms with Crippen molar-refractivity contribution in [2.24, 2.45) is 5.92 Å². The first-order valence-corrected chi connectivity index (χ1v) is 13.6. The number of aryl methyl sites for hydroxylation is 1. The summed E-state index contributed by atoms with van der Waals surface area (Å²) in [5.41, 5.74) is 6.29. The molecule has 2 saturated carbocycles. The molecule has 198 valence electrons. The molecular formula is C33H32N2O4. The third-order valence-corrected chi connectivity index (χ3v) is 8.42. The number of aliphatic carboxylic acids is 1. The normalized spacial score (nSPS) is 18.9. The molecule has 0 spiro atoms. The molecule has 1 unspecified atom stereocenters. The first-order chi connectivity index (χ1) is 18.9. The molecule has 6 rings (SSSR count). The van der Waals surface area contributed by atoms with E-state index in [1.165, 1.54) is 5.56 Å². The van der Waals surface area contributed by atoms with Gasteiger partial charge in [0.25, 0.3) is 0 Å². The summed E-state index contributed by atoms with van der Waals surface area (Å²) in [6, 6.07) is 26.2. The van der Waals surface area contributed by atoms with Crippen LogP contribution in [0.4, 0.5) is 0 Å².